The maximum atomic E-state index is 5.42. The summed E-state index contributed by atoms with van der Waals surface area (Å²) in [6, 6.07) is 3.98. The van der Waals surface area contributed by atoms with Crippen molar-refractivity contribution in [3.63, 3.8) is 0 Å². The molecule has 0 aliphatic rings. The van der Waals surface area contributed by atoms with Crippen molar-refractivity contribution in [2.45, 2.75) is 46.2 Å². The van der Waals surface area contributed by atoms with Crippen molar-refractivity contribution in [2.75, 3.05) is 6.61 Å². The molecule has 1 heterocycles. The van der Waals surface area contributed by atoms with Gasteiger partial charge >= 0.3 is 0 Å². The first kappa shape index (κ1) is 13.0. The zero-order valence-corrected chi connectivity index (χ0v) is 10.7. The average molecular weight is 222 g/mol. The molecule has 90 valence electrons. The van der Waals surface area contributed by atoms with Crippen LogP contribution >= 0.6 is 0 Å². The topological polar surface area (TPSA) is 34.1 Å². The van der Waals surface area contributed by atoms with Gasteiger partial charge in [0.15, 0.2) is 0 Å². The Labute approximate surface area is 98.2 Å². The number of aromatic nitrogens is 1. The minimum Gasteiger partial charge on any atom is -0.478 e. The summed E-state index contributed by atoms with van der Waals surface area (Å²) in [6.07, 6.45) is 2.87. The molecule has 0 bridgehead atoms. The number of hydrogen-bond donors (Lipinski definition) is 1. The van der Waals surface area contributed by atoms with Gasteiger partial charge in [-0.2, -0.15) is 0 Å². The Morgan fingerprint density at radius 2 is 2.06 bits per heavy atom. The van der Waals surface area contributed by atoms with Crippen LogP contribution in [0.15, 0.2) is 18.3 Å². The molecule has 0 spiro atoms. The molecule has 0 aliphatic heterocycles. The van der Waals surface area contributed by atoms with Gasteiger partial charge in [0.1, 0.15) is 0 Å². The van der Waals surface area contributed by atoms with Crippen LogP contribution in [-0.2, 0) is 6.54 Å². The van der Waals surface area contributed by atoms with E-state index in [1.165, 1.54) is 5.56 Å². The van der Waals surface area contributed by atoms with Gasteiger partial charge in [0, 0.05) is 24.3 Å². The van der Waals surface area contributed by atoms with Crippen molar-refractivity contribution in [1.29, 1.82) is 0 Å². The molecule has 16 heavy (non-hydrogen) atoms. The first-order valence-corrected chi connectivity index (χ1v) is 5.84. The Kier molecular flexibility index (Phi) is 4.74. The van der Waals surface area contributed by atoms with E-state index in [4.69, 9.17) is 4.74 Å². The van der Waals surface area contributed by atoms with E-state index >= 15 is 0 Å². The summed E-state index contributed by atoms with van der Waals surface area (Å²) in [5.41, 5.74) is 1.32. The third kappa shape index (κ3) is 5.12. The lowest BCUT2D eigenvalue weighted by molar-refractivity contribution is 0.305. The summed E-state index contributed by atoms with van der Waals surface area (Å²) in [7, 11) is 0. The maximum Gasteiger partial charge on any atom is 0.213 e. The summed E-state index contributed by atoms with van der Waals surface area (Å²) in [6.45, 7) is 10.1. The smallest absolute Gasteiger partial charge is 0.213 e. The summed E-state index contributed by atoms with van der Waals surface area (Å²) in [5, 5.41) is 3.42. The van der Waals surface area contributed by atoms with Gasteiger partial charge in [-0.05, 0) is 32.8 Å². The molecule has 0 aliphatic carbocycles. The highest BCUT2D eigenvalue weighted by atomic mass is 16.5. The van der Waals surface area contributed by atoms with Crippen LogP contribution in [0.1, 0.15) is 39.7 Å². The molecule has 0 aromatic carbocycles. The lowest BCUT2D eigenvalue weighted by Gasteiger charge is -2.20. The van der Waals surface area contributed by atoms with Crippen LogP contribution in [0.3, 0.4) is 0 Å². The Balaban J connectivity index is 2.45. The van der Waals surface area contributed by atoms with Crippen LogP contribution in [0.2, 0.25) is 0 Å². The molecule has 0 atom stereocenters. The van der Waals surface area contributed by atoms with Gasteiger partial charge < -0.3 is 10.1 Å². The van der Waals surface area contributed by atoms with Crippen molar-refractivity contribution >= 4 is 0 Å². The van der Waals surface area contributed by atoms with Crippen molar-refractivity contribution in [1.82, 2.24) is 10.3 Å². The van der Waals surface area contributed by atoms with Gasteiger partial charge in [0.05, 0.1) is 6.61 Å². The minimum absolute atomic E-state index is 0.136. The van der Waals surface area contributed by atoms with E-state index < -0.39 is 0 Å². The summed E-state index contributed by atoms with van der Waals surface area (Å²) in [5.74, 6) is 0.710. The van der Waals surface area contributed by atoms with Gasteiger partial charge in [-0.3, -0.25) is 0 Å². The van der Waals surface area contributed by atoms with E-state index in [1.807, 2.05) is 12.3 Å². The number of hydrogen-bond acceptors (Lipinski definition) is 3. The highest BCUT2D eigenvalue weighted by Crippen LogP contribution is 2.09. The molecule has 0 radical (unpaired) electrons. The normalized spacial score (nSPS) is 11.5. The van der Waals surface area contributed by atoms with E-state index in [9.17, 15) is 0 Å². The van der Waals surface area contributed by atoms with Crippen LogP contribution in [-0.4, -0.2) is 17.1 Å². The summed E-state index contributed by atoms with van der Waals surface area (Å²) in [4.78, 5) is 4.25. The molecular formula is C13H22N2O. The van der Waals surface area contributed by atoms with Crippen molar-refractivity contribution in [3.8, 4) is 5.88 Å². The zero-order chi connectivity index (χ0) is 12.0. The Bertz CT molecular complexity index is 301. The SMILES string of the molecule is CCCOc1ccc(CNC(C)(C)C)cn1. The average Bonchev–Trinajstić information content (AvgIpc) is 2.24. The molecule has 1 aromatic heterocycles. The highest BCUT2D eigenvalue weighted by Gasteiger charge is 2.08. The maximum absolute atomic E-state index is 5.42. The fourth-order valence-electron chi connectivity index (χ4n) is 1.17. The largest absolute Gasteiger partial charge is 0.478 e. The fourth-order valence-corrected chi connectivity index (χ4v) is 1.17. The fraction of sp³-hybridized carbons (Fsp3) is 0.615. The molecule has 1 N–H and O–H groups in total. The molecule has 1 aromatic rings. The Hall–Kier alpha value is -1.09. The predicted molar refractivity (Wildman–Crippen MR) is 66.6 cm³/mol. The van der Waals surface area contributed by atoms with Crippen LogP contribution < -0.4 is 10.1 Å². The molecule has 0 unspecified atom stereocenters. The third-order valence-electron chi connectivity index (χ3n) is 2.07. The standard InChI is InChI=1S/C13H22N2O/c1-5-8-16-12-7-6-11(9-14-12)10-15-13(2,3)4/h6-7,9,15H,5,8,10H2,1-4H3. The van der Waals surface area contributed by atoms with Gasteiger partial charge in [0.2, 0.25) is 5.88 Å². The first-order chi connectivity index (χ1) is 7.51. The molecule has 1 rings (SSSR count). The Morgan fingerprint density at radius 3 is 2.56 bits per heavy atom. The molecule has 3 heteroatoms. The van der Waals surface area contributed by atoms with Gasteiger partial charge in [0.25, 0.3) is 0 Å². The number of rotatable bonds is 5. The van der Waals surface area contributed by atoms with Crippen molar-refractivity contribution in [3.05, 3.63) is 23.9 Å². The predicted octanol–water partition coefficient (Wildman–Crippen LogP) is 2.76. The monoisotopic (exact) mass is 222 g/mol. The van der Waals surface area contributed by atoms with Crippen LogP contribution in [0.25, 0.3) is 0 Å². The second-order valence-corrected chi connectivity index (χ2v) is 4.96. The summed E-state index contributed by atoms with van der Waals surface area (Å²) >= 11 is 0. The van der Waals surface area contributed by atoms with E-state index in [1.54, 1.807) is 0 Å². The van der Waals surface area contributed by atoms with E-state index in [2.05, 4.69) is 44.1 Å². The van der Waals surface area contributed by atoms with E-state index in [-0.39, 0.29) is 5.54 Å². The first-order valence-electron chi connectivity index (χ1n) is 5.84. The van der Waals surface area contributed by atoms with E-state index in [0.717, 1.165) is 19.6 Å². The lowest BCUT2D eigenvalue weighted by atomic mass is 10.1. The highest BCUT2D eigenvalue weighted by molar-refractivity contribution is 5.17. The molecule has 3 nitrogen and oxygen atoms in total. The van der Waals surface area contributed by atoms with Gasteiger partial charge in [-0.15, -0.1) is 0 Å². The van der Waals surface area contributed by atoms with Crippen LogP contribution in [0.5, 0.6) is 5.88 Å². The van der Waals surface area contributed by atoms with Crippen molar-refractivity contribution in [2.24, 2.45) is 0 Å². The lowest BCUT2D eigenvalue weighted by Crippen LogP contribution is -2.35. The van der Waals surface area contributed by atoms with Crippen LogP contribution in [0.4, 0.5) is 0 Å². The van der Waals surface area contributed by atoms with E-state index in [0.29, 0.717) is 5.88 Å². The van der Waals surface area contributed by atoms with Crippen LogP contribution in [0, 0.1) is 0 Å². The molecular weight excluding hydrogens is 200 g/mol. The molecule has 0 fully saturated rings. The van der Waals surface area contributed by atoms with Crippen molar-refractivity contribution < 1.29 is 4.74 Å². The number of ether oxygens (including phenoxy) is 1. The van der Waals surface area contributed by atoms with Gasteiger partial charge in [-0.25, -0.2) is 4.98 Å². The number of nitrogens with zero attached hydrogens (tertiary/aromatic N) is 1. The third-order valence-corrected chi connectivity index (χ3v) is 2.07. The summed E-state index contributed by atoms with van der Waals surface area (Å²) < 4.78 is 5.42. The molecule has 0 saturated carbocycles. The number of pyridine rings is 1. The second-order valence-electron chi connectivity index (χ2n) is 4.96. The molecule has 0 saturated heterocycles. The molecule has 0 amide bonds. The minimum atomic E-state index is 0.136. The van der Waals surface area contributed by atoms with Gasteiger partial charge in [-0.1, -0.05) is 13.0 Å². The Morgan fingerprint density at radius 1 is 1.31 bits per heavy atom. The number of nitrogens with one attached hydrogen (secondary N) is 1. The zero-order valence-electron chi connectivity index (χ0n) is 10.7. The quantitative estimate of drug-likeness (QED) is 0.831. The second kappa shape index (κ2) is 5.85.